The summed E-state index contributed by atoms with van der Waals surface area (Å²) in [7, 11) is 0. The number of piperidine rings is 1. The van der Waals surface area contributed by atoms with Crippen LogP contribution in [0.5, 0.6) is 0 Å². The molecule has 4 aliphatic rings. The first-order valence-electron chi connectivity index (χ1n) is 10.5. The number of imide groups is 1. The van der Waals surface area contributed by atoms with Crippen LogP contribution in [0.25, 0.3) is 0 Å². The van der Waals surface area contributed by atoms with Crippen LogP contribution < -0.4 is 10.2 Å². The van der Waals surface area contributed by atoms with Gasteiger partial charge in [-0.2, -0.15) is 0 Å². The fourth-order valence-corrected chi connectivity index (χ4v) is 4.86. The van der Waals surface area contributed by atoms with Gasteiger partial charge in [-0.25, -0.2) is 4.79 Å². The standard InChI is InChI=1S/C21H24N4O5/c26-18-4-3-17(19(27)22-18)25-12-13-11-15(1-2-16(13)20(25)28)24-8-7-23(21(24)29)14-5-9-30-10-6-14/h1-2,11,14,17H,3-10,12H2,(H,22,26,27). The van der Waals surface area contributed by atoms with E-state index >= 15 is 0 Å². The Hall–Kier alpha value is -2.94. The molecule has 0 aromatic heterocycles. The second-order valence-corrected chi connectivity index (χ2v) is 8.21. The molecule has 4 aliphatic heterocycles. The lowest BCUT2D eigenvalue weighted by Gasteiger charge is -2.30. The first-order valence-corrected chi connectivity index (χ1v) is 10.5. The smallest absolute Gasteiger partial charge is 0.324 e. The third-order valence-electron chi connectivity index (χ3n) is 6.49. The number of nitrogens with one attached hydrogen (secondary N) is 1. The average Bonchev–Trinajstić information content (AvgIpc) is 3.28. The van der Waals surface area contributed by atoms with Gasteiger partial charge >= 0.3 is 6.03 Å². The largest absolute Gasteiger partial charge is 0.381 e. The van der Waals surface area contributed by atoms with E-state index in [-0.39, 0.29) is 30.3 Å². The van der Waals surface area contributed by atoms with E-state index in [4.69, 9.17) is 4.74 Å². The summed E-state index contributed by atoms with van der Waals surface area (Å²) in [6.45, 7) is 2.97. The monoisotopic (exact) mass is 412 g/mol. The summed E-state index contributed by atoms with van der Waals surface area (Å²) in [5.74, 6) is -0.929. The van der Waals surface area contributed by atoms with E-state index in [1.165, 1.54) is 4.90 Å². The molecular formula is C21H24N4O5. The van der Waals surface area contributed by atoms with E-state index in [2.05, 4.69) is 5.32 Å². The Labute approximate surface area is 173 Å². The predicted octanol–water partition coefficient (Wildman–Crippen LogP) is 0.869. The van der Waals surface area contributed by atoms with Crippen molar-refractivity contribution in [2.45, 2.75) is 44.3 Å². The number of hydrogen-bond donors (Lipinski definition) is 1. The van der Waals surface area contributed by atoms with Crippen molar-refractivity contribution in [2.24, 2.45) is 0 Å². The van der Waals surface area contributed by atoms with Crippen molar-refractivity contribution < 1.29 is 23.9 Å². The molecule has 158 valence electrons. The van der Waals surface area contributed by atoms with Crippen molar-refractivity contribution in [3.05, 3.63) is 29.3 Å². The van der Waals surface area contributed by atoms with Gasteiger partial charge in [0.1, 0.15) is 6.04 Å². The second-order valence-electron chi connectivity index (χ2n) is 8.21. The van der Waals surface area contributed by atoms with Gasteiger partial charge in [0, 0.05) is 56.6 Å². The number of carbonyl (C=O) groups excluding carboxylic acids is 4. The first kappa shape index (κ1) is 19.0. The van der Waals surface area contributed by atoms with Crippen molar-refractivity contribution in [1.29, 1.82) is 0 Å². The molecule has 3 saturated heterocycles. The Morgan fingerprint density at radius 3 is 2.53 bits per heavy atom. The molecule has 0 saturated carbocycles. The van der Waals surface area contributed by atoms with Gasteiger partial charge in [-0.15, -0.1) is 0 Å². The minimum atomic E-state index is -0.636. The Bertz CT molecular complexity index is 926. The zero-order valence-corrected chi connectivity index (χ0v) is 16.6. The maximum absolute atomic E-state index is 13.0. The van der Waals surface area contributed by atoms with Gasteiger partial charge in [0.15, 0.2) is 0 Å². The highest BCUT2D eigenvalue weighted by molar-refractivity contribution is 6.06. The number of nitrogens with zero attached hydrogens (tertiary/aromatic N) is 3. The fourth-order valence-electron chi connectivity index (χ4n) is 4.86. The van der Waals surface area contributed by atoms with Crippen molar-refractivity contribution in [2.75, 3.05) is 31.2 Å². The minimum absolute atomic E-state index is 0.00630. The summed E-state index contributed by atoms with van der Waals surface area (Å²) in [5, 5.41) is 2.31. The van der Waals surface area contributed by atoms with E-state index in [9.17, 15) is 19.2 Å². The Kier molecular flexibility index (Phi) is 4.69. The lowest BCUT2D eigenvalue weighted by molar-refractivity contribution is -0.136. The van der Waals surface area contributed by atoms with Crippen LogP contribution in [0.2, 0.25) is 0 Å². The van der Waals surface area contributed by atoms with Crippen molar-refractivity contribution in [3.63, 3.8) is 0 Å². The van der Waals surface area contributed by atoms with Gasteiger partial charge in [-0.05, 0) is 43.0 Å². The van der Waals surface area contributed by atoms with Crippen molar-refractivity contribution in [3.8, 4) is 0 Å². The number of benzene rings is 1. The number of anilines is 1. The molecule has 0 bridgehead atoms. The van der Waals surface area contributed by atoms with Crippen LogP contribution in [-0.4, -0.2) is 71.9 Å². The summed E-state index contributed by atoms with van der Waals surface area (Å²) >= 11 is 0. The maximum Gasteiger partial charge on any atom is 0.324 e. The lowest BCUT2D eigenvalue weighted by atomic mass is 10.0. The highest BCUT2D eigenvalue weighted by Crippen LogP contribution is 2.32. The molecule has 9 heteroatoms. The van der Waals surface area contributed by atoms with Crippen molar-refractivity contribution >= 4 is 29.4 Å². The predicted molar refractivity (Wildman–Crippen MR) is 106 cm³/mol. The van der Waals surface area contributed by atoms with E-state index in [1.807, 2.05) is 11.0 Å². The number of fused-ring (bicyclic) bond motifs is 1. The molecule has 1 unspecified atom stereocenters. The molecule has 1 aromatic rings. The summed E-state index contributed by atoms with van der Waals surface area (Å²) < 4.78 is 5.40. The van der Waals surface area contributed by atoms with Crippen LogP contribution in [0.3, 0.4) is 0 Å². The van der Waals surface area contributed by atoms with E-state index in [0.717, 1.165) is 24.1 Å². The van der Waals surface area contributed by atoms with Crippen LogP contribution in [0.4, 0.5) is 10.5 Å². The quantitative estimate of drug-likeness (QED) is 0.743. The van der Waals surface area contributed by atoms with Crippen molar-refractivity contribution in [1.82, 2.24) is 15.1 Å². The third-order valence-corrected chi connectivity index (χ3v) is 6.49. The summed E-state index contributed by atoms with van der Waals surface area (Å²) in [6, 6.07) is 5.00. The number of carbonyl (C=O) groups is 4. The fraction of sp³-hybridized carbons (Fsp3) is 0.524. The summed E-state index contributed by atoms with van der Waals surface area (Å²) in [6.07, 6.45) is 2.28. The second kappa shape index (κ2) is 7.39. The molecular weight excluding hydrogens is 388 g/mol. The number of urea groups is 1. The molecule has 30 heavy (non-hydrogen) atoms. The SMILES string of the molecule is O=C1CCC(N2Cc3cc(N4CCN(C5CCOCC5)C4=O)ccc3C2=O)C(=O)N1. The molecule has 0 aliphatic carbocycles. The van der Waals surface area contributed by atoms with Gasteiger partial charge in [-0.3, -0.25) is 24.6 Å². The van der Waals surface area contributed by atoms with E-state index < -0.39 is 11.9 Å². The Morgan fingerprint density at radius 1 is 0.967 bits per heavy atom. The van der Waals surface area contributed by atoms with Crippen LogP contribution in [-0.2, 0) is 20.9 Å². The molecule has 1 atom stereocenters. The molecule has 1 N–H and O–H groups in total. The normalized spacial score (nSPS) is 25.2. The molecule has 1 aromatic carbocycles. The minimum Gasteiger partial charge on any atom is -0.381 e. The lowest BCUT2D eigenvalue weighted by Crippen LogP contribution is -2.52. The molecule has 5 rings (SSSR count). The zero-order chi connectivity index (χ0) is 20.8. The summed E-state index contributed by atoms with van der Waals surface area (Å²) in [5.41, 5.74) is 2.13. The van der Waals surface area contributed by atoms with E-state index in [0.29, 0.717) is 44.8 Å². The van der Waals surface area contributed by atoms with Gasteiger partial charge in [0.05, 0.1) is 0 Å². The maximum atomic E-state index is 13.0. The number of hydrogen-bond acceptors (Lipinski definition) is 5. The van der Waals surface area contributed by atoms with Crippen LogP contribution in [0.15, 0.2) is 18.2 Å². The van der Waals surface area contributed by atoms with Gasteiger partial charge in [-0.1, -0.05) is 0 Å². The third kappa shape index (κ3) is 3.13. The number of ether oxygens (including phenoxy) is 1. The van der Waals surface area contributed by atoms with E-state index in [1.54, 1.807) is 17.0 Å². The zero-order valence-electron chi connectivity index (χ0n) is 16.6. The molecule has 5 amide bonds. The van der Waals surface area contributed by atoms with Gasteiger partial charge in [0.2, 0.25) is 11.8 Å². The highest BCUT2D eigenvalue weighted by atomic mass is 16.5. The van der Waals surface area contributed by atoms with Gasteiger partial charge in [0.25, 0.3) is 5.91 Å². The molecule has 9 nitrogen and oxygen atoms in total. The topological polar surface area (TPSA) is 99.3 Å². The Balaban J connectivity index is 1.33. The van der Waals surface area contributed by atoms with Crippen LogP contribution in [0, 0.1) is 0 Å². The molecule has 4 heterocycles. The average molecular weight is 412 g/mol. The summed E-state index contributed by atoms with van der Waals surface area (Å²) in [4.78, 5) is 54.7. The molecule has 0 radical (unpaired) electrons. The van der Waals surface area contributed by atoms with Crippen LogP contribution >= 0.6 is 0 Å². The van der Waals surface area contributed by atoms with Crippen LogP contribution in [0.1, 0.15) is 41.6 Å². The Morgan fingerprint density at radius 2 is 1.77 bits per heavy atom. The molecule has 3 fully saturated rings. The molecule has 0 spiro atoms. The highest BCUT2D eigenvalue weighted by Gasteiger charge is 2.40. The first-order chi connectivity index (χ1) is 14.5. The number of amides is 5. The number of rotatable bonds is 3. The van der Waals surface area contributed by atoms with Gasteiger partial charge < -0.3 is 14.5 Å².